The molecule has 1 unspecified atom stereocenters. The number of rotatable bonds is 4. The number of urea groups is 1. The van der Waals surface area contributed by atoms with Crippen LogP contribution < -0.4 is 10.1 Å². The Kier molecular flexibility index (Phi) is 5.68. The predicted octanol–water partition coefficient (Wildman–Crippen LogP) is 6.54. The summed E-state index contributed by atoms with van der Waals surface area (Å²) in [4.78, 5) is 18.6. The first kappa shape index (κ1) is 21.3. The molecule has 1 atom stereocenters. The lowest BCUT2D eigenvalue weighted by Crippen LogP contribution is -2.43. The Bertz CT molecular complexity index is 1300. The molecular weight excluding hydrogens is 441 g/mol. The summed E-state index contributed by atoms with van der Waals surface area (Å²) in [5, 5.41) is 4.71. The van der Waals surface area contributed by atoms with Crippen molar-refractivity contribution in [3.63, 3.8) is 0 Å². The molecule has 0 saturated carbocycles. The minimum absolute atomic E-state index is 0.226. The van der Waals surface area contributed by atoms with E-state index in [0.717, 1.165) is 33.5 Å². The van der Waals surface area contributed by atoms with E-state index in [1.807, 2.05) is 49.4 Å². The summed E-state index contributed by atoms with van der Waals surface area (Å²) < 4.78 is 19.1. The zero-order valence-corrected chi connectivity index (χ0v) is 18.8. The van der Waals surface area contributed by atoms with Crippen molar-refractivity contribution in [2.45, 2.75) is 19.4 Å². The van der Waals surface area contributed by atoms with Gasteiger partial charge in [0, 0.05) is 33.9 Å². The van der Waals surface area contributed by atoms with Gasteiger partial charge in [-0.15, -0.1) is 0 Å². The highest BCUT2D eigenvalue weighted by Gasteiger charge is 2.34. The Labute approximate surface area is 196 Å². The van der Waals surface area contributed by atoms with E-state index < -0.39 is 0 Å². The van der Waals surface area contributed by atoms with Gasteiger partial charge in [-0.05, 0) is 79.1 Å². The molecule has 0 fully saturated rings. The van der Waals surface area contributed by atoms with Gasteiger partial charge in [-0.3, -0.25) is 0 Å². The van der Waals surface area contributed by atoms with Crippen molar-refractivity contribution in [1.29, 1.82) is 0 Å². The summed E-state index contributed by atoms with van der Waals surface area (Å²) in [6.45, 7) is 3.02. The van der Waals surface area contributed by atoms with Gasteiger partial charge >= 0.3 is 6.03 Å². The maximum atomic E-state index is 13.7. The van der Waals surface area contributed by atoms with Crippen LogP contribution in [0.5, 0.6) is 5.75 Å². The number of hydrogen-bond acceptors (Lipinski definition) is 2. The molecule has 1 aliphatic rings. The largest absolute Gasteiger partial charge is 0.494 e. The SMILES string of the molecule is CCOc1ccc(NC(=O)N2CCc3c([nH]c4ccc(Cl)cc34)C2c2ccc(F)cc2)cc1. The number of H-pyrrole nitrogens is 1. The van der Waals surface area contributed by atoms with Crippen LogP contribution in [0.2, 0.25) is 5.02 Å². The summed E-state index contributed by atoms with van der Waals surface area (Å²) in [5.74, 6) is 0.433. The van der Waals surface area contributed by atoms with E-state index in [1.54, 1.807) is 17.0 Å². The molecule has 33 heavy (non-hydrogen) atoms. The monoisotopic (exact) mass is 463 g/mol. The van der Waals surface area contributed by atoms with Crippen LogP contribution in [-0.4, -0.2) is 29.1 Å². The van der Waals surface area contributed by atoms with Gasteiger partial charge in [0.1, 0.15) is 11.6 Å². The number of nitrogens with zero attached hydrogens (tertiary/aromatic N) is 1. The second-order valence-corrected chi connectivity index (χ2v) is 8.43. The van der Waals surface area contributed by atoms with E-state index in [0.29, 0.717) is 30.3 Å². The van der Waals surface area contributed by atoms with Crippen molar-refractivity contribution in [2.75, 3.05) is 18.5 Å². The maximum absolute atomic E-state index is 13.7. The highest BCUT2D eigenvalue weighted by Crippen LogP contribution is 2.39. The number of carbonyl (C=O) groups excluding carboxylic acids is 1. The zero-order chi connectivity index (χ0) is 22.9. The Morgan fingerprint density at radius 1 is 1.15 bits per heavy atom. The molecule has 0 radical (unpaired) electrons. The van der Waals surface area contributed by atoms with Gasteiger partial charge in [0.05, 0.1) is 12.6 Å². The van der Waals surface area contributed by atoms with Crippen molar-refractivity contribution in [2.24, 2.45) is 0 Å². The second-order valence-electron chi connectivity index (χ2n) is 7.99. The third kappa shape index (κ3) is 4.14. The summed E-state index contributed by atoms with van der Waals surface area (Å²) in [6.07, 6.45) is 0.685. The Hall–Kier alpha value is -3.51. The number of amides is 2. The minimum Gasteiger partial charge on any atom is -0.494 e. The van der Waals surface area contributed by atoms with Gasteiger partial charge in [0.25, 0.3) is 0 Å². The molecule has 1 aromatic heterocycles. The maximum Gasteiger partial charge on any atom is 0.322 e. The molecule has 7 heteroatoms. The lowest BCUT2D eigenvalue weighted by atomic mass is 9.92. The van der Waals surface area contributed by atoms with Gasteiger partial charge in [-0.25, -0.2) is 9.18 Å². The molecule has 2 amide bonds. The molecule has 2 heterocycles. The fraction of sp³-hybridized carbons (Fsp3) is 0.192. The zero-order valence-electron chi connectivity index (χ0n) is 18.1. The number of aromatic amines is 1. The highest BCUT2D eigenvalue weighted by molar-refractivity contribution is 6.31. The number of aromatic nitrogens is 1. The molecule has 4 aromatic rings. The van der Waals surface area contributed by atoms with Gasteiger partial charge in [-0.1, -0.05) is 23.7 Å². The average molecular weight is 464 g/mol. The average Bonchev–Trinajstić information content (AvgIpc) is 3.18. The van der Waals surface area contributed by atoms with E-state index in [9.17, 15) is 9.18 Å². The van der Waals surface area contributed by atoms with Crippen LogP contribution in [0.15, 0.2) is 66.7 Å². The number of anilines is 1. The summed E-state index contributed by atoms with van der Waals surface area (Å²) in [7, 11) is 0. The normalized spacial score (nSPS) is 15.4. The Morgan fingerprint density at radius 2 is 1.91 bits per heavy atom. The van der Waals surface area contributed by atoms with Gasteiger partial charge in [-0.2, -0.15) is 0 Å². The van der Waals surface area contributed by atoms with Crippen molar-refractivity contribution >= 4 is 34.2 Å². The van der Waals surface area contributed by atoms with Crippen molar-refractivity contribution in [3.8, 4) is 5.75 Å². The van der Waals surface area contributed by atoms with Crippen LogP contribution in [0, 0.1) is 5.82 Å². The first-order chi connectivity index (χ1) is 16.0. The number of halogens is 2. The topological polar surface area (TPSA) is 57.4 Å². The lowest BCUT2D eigenvalue weighted by molar-refractivity contribution is 0.193. The number of nitrogens with one attached hydrogen (secondary N) is 2. The molecule has 5 rings (SSSR count). The van der Waals surface area contributed by atoms with Crippen LogP contribution >= 0.6 is 11.6 Å². The first-order valence-electron chi connectivity index (χ1n) is 10.9. The number of benzene rings is 3. The first-order valence-corrected chi connectivity index (χ1v) is 11.3. The number of hydrogen-bond donors (Lipinski definition) is 2. The Morgan fingerprint density at radius 3 is 2.64 bits per heavy atom. The lowest BCUT2D eigenvalue weighted by Gasteiger charge is -2.36. The highest BCUT2D eigenvalue weighted by atomic mass is 35.5. The standard InChI is InChI=1S/C26H23ClFN3O2/c1-2-33-20-10-8-19(9-11-20)29-26(32)31-14-13-21-22-15-17(27)5-12-23(22)30-24(21)25(31)16-3-6-18(28)7-4-16/h3-12,15,25,30H,2,13-14H2,1H3,(H,29,32). The molecule has 0 aliphatic carbocycles. The molecule has 1 aliphatic heterocycles. The van der Waals surface area contributed by atoms with Crippen LogP contribution in [0.1, 0.15) is 29.8 Å². The summed E-state index contributed by atoms with van der Waals surface area (Å²) in [5.41, 5.74) is 4.52. The smallest absolute Gasteiger partial charge is 0.322 e. The predicted molar refractivity (Wildman–Crippen MR) is 129 cm³/mol. The number of fused-ring (bicyclic) bond motifs is 3. The van der Waals surface area contributed by atoms with E-state index in [-0.39, 0.29) is 17.9 Å². The van der Waals surface area contributed by atoms with Crippen LogP contribution in [0.4, 0.5) is 14.9 Å². The third-order valence-corrected chi connectivity index (χ3v) is 6.19. The molecule has 0 spiro atoms. The second kappa shape index (κ2) is 8.79. The molecule has 5 nitrogen and oxygen atoms in total. The van der Waals surface area contributed by atoms with E-state index in [2.05, 4.69) is 10.3 Å². The van der Waals surface area contributed by atoms with Crippen molar-refractivity contribution in [3.05, 3.63) is 94.4 Å². The Balaban J connectivity index is 1.51. The molecule has 2 N–H and O–H groups in total. The number of carbonyl (C=O) groups is 1. The number of ether oxygens (including phenoxy) is 1. The fourth-order valence-corrected chi connectivity index (χ4v) is 4.64. The molecule has 3 aromatic carbocycles. The quantitative estimate of drug-likeness (QED) is 0.361. The van der Waals surface area contributed by atoms with Crippen LogP contribution in [-0.2, 0) is 6.42 Å². The minimum atomic E-state index is -0.386. The molecule has 168 valence electrons. The van der Waals surface area contributed by atoms with E-state index >= 15 is 0 Å². The molecular formula is C26H23ClFN3O2. The van der Waals surface area contributed by atoms with Crippen molar-refractivity contribution in [1.82, 2.24) is 9.88 Å². The van der Waals surface area contributed by atoms with Gasteiger partial charge in [0.2, 0.25) is 0 Å². The van der Waals surface area contributed by atoms with Gasteiger partial charge in [0.15, 0.2) is 0 Å². The van der Waals surface area contributed by atoms with Gasteiger partial charge < -0.3 is 19.9 Å². The molecule has 0 bridgehead atoms. The van der Waals surface area contributed by atoms with Crippen LogP contribution in [0.25, 0.3) is 10.9 Å². The third-order valence-electron chi connectivity index (χ3n) is 5.95. The summed E-state index contributed by atoms with van der Waals surface area (Å²) >= 11 is 6.25. The van der Waals surface area contributed by atoms with Crippen molar-refractivity contribution < 1.29 is 13.9 Å². The van der Waals surface area contributed by atoms with E-state index in [4.69, 9.17) is 16.3 Å². The van der Waals surface area contributed by atoms with E-state index in [1.165, 1.54) is 12.1 Å². The molecule has 0 saturated heterocycles. The fourth-order valence-electron chi connectivity index (χ4n) is 4.47. The summed E-state index contributed by atoms with van der Waals surface area (Å²) in [6, 6.07) is 18.7. The van der Waals surface area contributed by atoms with Crippen LogP contribution in [0.3, 0.4) is 0 Å².